The summed E-state index contributed by atoms with van der Waals surface area (Å²) in [5, 5.41) is 21.4. The summed E-state index contributed by atoms with van der Waals surface area (Å²) in [6.07, 6.45) is 2.48. The van der Waals surface area contributed by atoms with Gasteiger partial charge >= 0.3 is 0 Å². The van der Waals surface area contributed by atoms with Gasteiger partial charge in [0.25, 0.3) is 0 Å². The second kappa shape index (κ2) is 8.71. The molecule has 7 nitrogen and oxygen atoms in total. The van der Waals surface area contributed by atoms with Crippen molar-refractivity contribution in [2.24, 2.45) is 4.99 Å². The van der Waals surface area contributed by atoms with Crippen molar-refractivity contribution in [2.45, 2.75) is 46.3 Å². The van der Waals surface area contributed by atoms with E-state index in [0.29, 0.717) is 11.7 Å². The maximum absolute atomic E-state index is 10.5. The van der Waals surface area contributed by atoms with Crippen LogP contribution in [0, 0.1) is 13.8 Å². The third kappa shape index (κ3) is 5.63. The van der Waals surface area contributed by atoms with Gasteiger partial charge in [-0.1, -0.05) is 0 Å². The molecule has 0 aliphatic heterocycles. The number of nitrogens with zero attached hydrogens (tertiary/aromatic N) is 3. The third-order valence-corrected chi connectivity index (χ3v) is 3.88. The average molecular weight is 347 g/mol. The first-order valence-electron chi connectivity index (χ1n) is 8.72. The van der Waals surface area contributed by atoms with Gasteiger partial charge in [0.15, 0.2) is 5.96 Å². The van der Waals surface area contributed by atoms with E-state index < -0.39 is 5.60 Å². The molecule has 0 bridgehead atoms. The highest BCUT2D eigenvalue weighted by atomic mass is 16.4. The highest BCUT2D eigenvalue weighted by Gasteiger charge is 2.26. The molecule has 0 aromatic carbocycles. The predicted octanol–water partition coefficient (Wildman–Crippen LogP) is 1.95. The van der Waals surface area contributed by atoms with Crippen LogP contribution in [-0.2, 0) is 12.1 Å². The Labute approximate surface area is 149 Å². The lowest BCUT2D eigenvalue weighted by Crippen LogP contribution is -2.39. The summed E-state index contributed by atoms with van der Waals surface area (Å²) >= 11 is 0. The van der Waals surface area contributed by atoms with E-state index in [-0.39, 0.29) is 6.54 Å². The van der Waals surface area contributed by atoms with Crippen molar-refractivity contribution in [3.05, 3.63) is 41.6 Å². The van der Waals surface area contributed by atoms with Gasteiger partial charge in [0.05, 0.1) is 18.5 Å². The zero-order valence-electron chi connectivity index (χ0n) is 15.5. The van der Waals surface area contributed by atoms with Crippen LogP contribution in [0.15, 0.2) is 33.9 Å². The number of rotatable bonds is 8. The Morgan fingerprint density at radius 2 is 2.20 bits per heavy atom. The molecule has 2 aromatic rings. The zero-order valence-corrected chi connectivity index (χ0v) is 15.5. The van der Waals surface area contributed by atoms with E-state index >= 15 is 0 Å². The van der Waals surface area contributed by atoms with E-state index in [1.165, 1.54) is 5.69 Å². The van der Waals surface area contributed by atoms with Crippen molar-refractivity contribution in [1.29, 1.82) is 0 Å². The van der Waals surface area contributed by atoms with Crippen LogP contribution in [0.1, 0.15) is 37.4 Å². The molecular weight excluding hydrogens is 318 g/mol. The summed E-state index contributed by atoms with van der Waals surface area (Å²) in [5.41, 5.74) is 1.09. The Morgan fingerprint density at radius 1 is 1.40 bits per heavy atom. The number of aliphatic imine (C=N–C) groups is 1. The normalized spacial score (nSPS) is 14.4. The van der Waals surface area contributed by atoms with Gasteiger partial charge in [0.2, 0.25) is 0 Å². The minimum atomic E-state index is -1.13. The van der Waals surface area contributed by atoms with Crippen LogP contribution >= 0.6 is 0 Å². The topological polar surface area (TPSA) is 87.6 Å². The summed E-state index contributed by atoms with van der Waals surface area (Å²) in [5.74, 6) is 1.19. The second-order valence-corrected chi connectivity index (χ2v) is 6.38. The number of hydrogen-bond acceptors (Lipinski definition) is 4. The van der Waals surface area contributed by atoms with Gasteiger partial charge in [-0.25, -0.2) is 4.99 Å². The smallest absolute Gasteiger partial charge is 0.191 e. The third-order valence-electron chi connectivity index (χ3n) is 3.88. The molecule has 0 aliphatic rings. The first-order valence-corrected chi connectivity index (χ1v) is 8.72. The molecule has 138 valence electrons. The van der Waals surface area contributed by atoms with Crippen molar-refractivity contribution in [2.75, 3.05) is 19.6 Å². The lowest BCUT2D eigenvalue weighted by molar-refractivity contribution is 0.0437. The molecule has 2 aromatic heterocycles. The first kappa shape index (κ1) is 19.1. The van der Waals surface area contributed by atoms with Crippen molar-refractivity contribution < 1.29 is 9.52 Å². The first-order chi connectivity index (χ1) is 11.9. The highest BCUT2D eigenvalue weighted by molar-refractivity contribution is 5.79. The van der Waals surface area contributed by atoms with Crippen LogP contribution in [0.3, 0.4) is 0 Å². The molecule has 0 saturated heterocycles. The van der Waals surface area contributed by atoms with Crippen LogP contribution in [0.25, 0.3) is 0 Å². The van der Waals surface area contributed by atoms with E-state index in [4.69, 9.17) is 4.42 Å². The average Bonchev–Trinajstić information content (AvgIpc) is 3.19. The summed E-state index contributed by atoms with van der Waals surface area (Å²) in [4.78, 5) is 4.47. The van der Waals surface area contributed by atoms with E-state index in [0.717, 1.165) is 31.7 Å². The summed E-state index contributed by atoms with van der Waals surface area (Å²) in [7, 11) is 0. The van der Waals surface area contributed by atoms with Gasteiger partial charge in [-0.15, -0.1) is 0 Å². The fourth-order valence-corrected chi connectivity index (χ4v) is 2.57. The molecule has 0 amide bonds. The van der Waals surface area contributed by atoms with Crippen molar-refractivity contribution in [3.8, 4) is 0 Å². The Morgan fingerprint density at radius 3 is 2.80 bits per heavy atom. The molecular formula is C18H29N5O2. The van der Waals surface area contributed by atoms with Gasteiger partial charge in [-0.2, -0.15) is 5.10 Å². The van der Waals surface area contributed by atoms with Crippen LogP contribution in [0.2, 0.25) is 0 Å². The van der Waals surface area contributed by atoms with Gasteiger partial charge in [-0.3, -0.25) is 4.68 Å². The molecule has 1 atom stereocenters. The maximum atomic E-state index is 10.5. The SMILES string of the molecule is CCNC(=NCC(C)(O)c1ccco1)NCCCn1nc(C)cc1C. The number of aromatic nitrogens is 2. The predicted molar refractivity (Wildman–Crippen MR) is 98.6 cm³/mol. The monoisotopic (exact) mass is 347 g/mol. The molecule has 0 aliphatic carbocycles. The minimum absolute atomic E-state index is 0.216. The Kier molecular flexibility index (Phi) is 6.64. The fourth-order valence-electron chi connectivity index (χ4n) is 2.57. The number of furan rings is 1. The fraction of sp³-hybridized carbons (Fsp3) is 0.556. The van der Waals surface area contributed by atoms with Crippen molar-refractivity contribution in [3.63, 3.8) is 0 Å². The van der Waals surface area contributed by atoms with E-state index in [9.17, 15) is 5.11 Å². The largest absolute Gasteiger partial charge is 0.466 e. The number of hydrogen-bond donors (Lipinski definition) is 3. The molecule has 0 saturated carbocycles. The molecule has 25 heavy (non-hydrogen) atoms. The minimum Gasteiger partial charge on any atom is -0.466 e. The molecule has 2 heterocycles. The van der Waals surface area contributed by atoms with Crippen LogP contribution in [0.5, 0.6) is 0 Å². The summed E-state index contributed by atoms with van der Waals surface area (Å²) in [6, 6.07) is 5.59. The van der Waals surface area contributed by atoms with E-state index in [1.807, 2.05) is 18.5 Å². The van der Waals surface area contributed by atoms with Gasteiger partial charge < -0.3 is 20.2 Å². The van der Waals surface area contributed by atoms with Crippen LogP contribution < -0.4 is 10.6 Å². The van der Waals surface area contributed by atoms with Gasteiger partial charge in [0, 0.05) is 25.3 Å². The number of aliphatic hydroxyl groups is 1. The standard InChI is InChI=1S/C18H29N5O2/c1-5-19-17(21-13-18(4,24)16-8-6-11-25-16)20-9-7-10-23-15(3)12-14(2)22-23/h6,8,11-12,24H,5,7,9-10,13H2,1-4H3,(H2,19,20,21). The molecule has 0 radical (unpaired) electrons. The lowest BCUT2D eigenvalue weighted by Gasteiger charge is -2.19. The van der Waals surface area contributed by atoms with Crippen molar-refractivity contribution >= 4 is 5.96 Å². The number of guanidine groups is 1. The number of aryl methyl sites for hydroxylation is 3. The van der Waals surface area contributed by atoms with Crippen molar-refractivity contribution in [1.82, 2.24) is 20.4 Å². The summed E-state index contributed by atoms with van der Waals surface area (Å²) < 4.78 is 7.30. The summed E-state index contributed by atoms with van der Waals surface area (Å²) in [6.45, 7) is 10.4. The molecule has 7 heteroatoms. The second-order valence-electron chi connectivity index (χ2n) is 6.38. The van der Waals surface area contributed by atoms with Crippen LogP contribution in [-0.4, -0.2) is 40.5 Å². The molecule has 2 rings (SSSR count). The van der Waals surface area contributed by atoms with E-state index in [2.05, 4.69) is 33.7 Å². The highest BCUT2D eigenvalue weighted by Crippen LogP contribution is 2.20. The molecule has 0 fully saturated rings. The molecule has 3 N–H and O–H groups in total. The van der Waals surface area contributed by atoms with Gasteiger partial charge in [0.1, 0.15) is 11.4 Å². The Balaban J connectivity index is 1.84. The maximum Gasteiger partial charge on any atom is 0.191 e. The quantitative estimate of drug-likeness (QED) is 0.386. The van der Waals surface area contributed by atoms with Gasteiger partial charge in [-0.05, 0) is 52.3 Å². The number of nitrogens with one attached hydrogen (secondary N) is 2. The zero-order chi connectivity index (χ0) is 18.3. The Bertz CT molecular complexity index is 674. The Hall–Kier alpha value is -2.28. The molecule has 0 spiro atoms. The van der Waals surface area contributed by atoms with Crippen LogP contribution in [0.4, 0.5) is 0 Å². The van der Waals surface area contributed by atoms with E-state index in [1.54, 1.807) is 25.3 Å². The molecule has 1 unspecified atom stereocenters. The lowest BCUT2D eigenvalue weighted by atomic mass is 10.0.